The molecule has 2 aromatic rings. The molecule has 2 rings (SSSR count). The third-order valence-corrected chi connectivity index (χ3v) is 4.30. The summed E-state index contributed by atoms with van der Waals surface area (Å²) in [6.07, 6.45) is 0.970. The lowest BCUT2D eigenvalue weighted by molar-refractivity contribution is -0.686. The maximum Gasteiger partial charge on any atom is 0.279 e. The van der Waals surface area contributed by atoms with E-state index in [4.69, 9.17) is 4.74 Å². The molecule has 4 nitrogen and oxygen atoms in total. The van der Waals surface area contributed by atoms with Gasteiger partial charge < -0.3 is 15.4 Å². The van der Waals surface area contributed by atoms with Crippen LogP contribution < -0.4 is 15.4 Å². The first-order valence-electron chi connectivity index (χ1n) is 8.23. The number of ether oxygens (including phenoxy) is 1. The Morgan fingerprint density at radius 2 is 1.79 bits per heavy atom. The van der Waals surface area contributed by atoms with Crippen LogP contribution >= 0.6 is 15.9 Å². The maximum absolute atomic E-state index is 12.1. The molecule has 0 spiro atoms. The fourth-order valence-electron chi connectivity index (χ4n) is 2.51. The van der Waals surface area contributed by atoms with Crippen LogP contribution in [0, 0.1) is 0 Å². The highest BCUT2D eigenvalue weighted by Gasteiger charge is 2.14. The molecule has 0 saturated carbocycles. The number of anilines is 1. The molecule has 1 atom stereocenters. The topological polar surface area (TPSA) is 54.9 Å². The van der Waals surface area contributed by atoms with Gasteiger partial charge in [0.15, 0.2) is 6.54 Å². The molecule has 0 heterocycles. The molecule has 0 saturated heterocycles. The molecule has 0 aliphatic heterocycles. The Morgan fingerprint density at radius 3 is 2.38 bits per heavy atom. The Balaban J connectivity index is 1.86. The summed E-state index contributed by atoms with van der Waals surface area (Å²) in [6, 6.07) is 16.0. The van der Waals surface area contributed by atoms with Crippen molar-refractivity contribution in [2.24, 2.45) is 0 Å². The van der Waals surface area contributed by atoms with E-state index in [1.807, 2.05) is 43.3 Å². The van der Waals surface area contributed by atoms with Gasteiger partial charge in [-0.3, -0.25) is 4.79 Å². The summed E-state index contributed by atoms with van der Waals surface area (Å²) >= 11 is 3.45. The van der Waals surface area contributed by atoms with Gasteiger partial charge in [-0.1, -0.05) is 35.0 Å². The standard InChI is InChI=1S/C19H23BrN2O2/c1-3-18(14-5-7-15(20)8-6-14)21-13-19(23)22-16-9-11-17(12-10-16)24-4-2/h5-12,18,21H,3-4,13H2,1-2H3,(H,22,23)/p+1/t18-/m0/s1. The van der Waals surface area contributed by atoms with Crippen molar-refractivity contribution in [3.8, 4) is 5.75 Å². The number of carbonyl (C=O) groups excluding carboxylic acids is 1. The van der Waals surface area contributed by atoms with Crippen molar-refractivity contribution in [3.05, 3.63) is 58.6 Å². The van der Waals surface area contributed by atoms with Crippen LogP contribution in [0.25, 0.3) is 0 Å². The zero-order valence-corrected chi connectivity index (χ0v) is 15.7. The first-order valence-corrected chi connectivity index (χ1v) is 9.03. The Hall–Kier alpha value is -1.85. The van der Waals surface area contributed by atoms with Crippen LogP contribution in [0.5, 0.6) is 5.75 Å². The highest BCUT2D eigenvalue weighted by molar-refractivity contribution is 9.10. The smallest absolute Gasteiger partial charge is 0.279 e. The summed E-state index contributed by atoms with van der Waals surface area (Å²) in [7, 11) is 0. The van der Waals surface area contributed by atoms with Gasteiger partial charge in [0.2, 0.25) is 0 Å². The number of nitrogens with two attached hydrogens (primary N) is 1. The van der Waals surface area contributed by atoms with E-state index in [0.29, 0.717) is 13.2 Å². The maximum atomic E-state index is 12.1. The number of hydrogen-bond donors (Lipinski definition) is 2. The van der Waals surface area contributed by atoms with E-state index in [0.717, 1.165) is 22.3 Å². The highest BCUT2D eigenvalue weighted by atomic mass is 79.9. The molecule has 2 aromatic carbocycles. The van der Waals surface area contributed by atoms with E-state index < -0.39 is 0 Å². The highest BCUT2D eigenvalue weighted by Crippen LogP contribution is 2.17. The number of nitrogens with one attached hydrogen (secondary N) is 1. The van der Waals surface area contributed by atoms with Gasteiger partial charge in [-0.05, 0) is 43.3 Å². The van der Waals surface area contributed by atoms with Crippen molar-refractivity contribution in [1.82, 2.24) is 0 Å². The molecular formula is C19H24BrN2O2+. The fraction of sp³-hybridized carbons (Fsp3) is 0.316. The average molecular weight is 392 g/mol. The third kappa shape index (κ3) is 5.65. The second-order valence-electron chi connectivity index (χ2n) is 5.51. The lowest BCUT2D eigenvalue weighted by atomic mass is 10.0. The Labute approximate surface area is 151 Å². The minimum Gasteiger partial charge on any atom is -0.494 e. The number of quaternary nitrogens is 1. The van der Waals surface area contributed by atoms with Crippen molar-refractivity contribution in [2.45, 2.75) is 26.3 Å². The minimum atomic E-state index is -0.00489. The Morgan fingerprint density at radius 1 is 1.12 bits per heavy atom. The van der Waals surface area contributed by atoms with Gasteiger partial charge in [0, 0.05) is 22.1 Å². The van der Waals surface area contributed by atoms with E-state index in [1.54, 1.807) is 0 Å². The van der Waals surface area contributed by atoms with Crippen LogP contribution in [0.3, 0.4) is 0 Å². The molecule has 128 valence electrons. The summed E-state index contributed by atoms with van der Waals surface area (Å²) < 4.78 is 6.46. The molecule has 0 bridgehead atoms. The number of rotatable bonds is 8. The first-order chi connectivity index (χ1) is 11.6. The number of benzene rings is 2. The van der Waals surface area contributed by atoms with E-state index >= 15 is 0 Å². The second-order valence-corrected chi connectivity index (χ2v) is 6.43. The molecule has 0 aliphatic rings. The van der Waals surface area contributed by atoms with E-state index in [-0.39, 0.29) is 11.9 Å². The van der Waals surface area contributed by atoms with Gasteiger partial charge in [0.05, 0.1) is 6.61 Å². The van der Waals surface area contributed by atoms with Gasteiger partial charge >= 0.3 is 0 Å². The Kier molecular flexibility index (Phi) is 7.28. The van der Waals surface area contributed by atoms with E-state index in [9.17, 15) is 4.79 Å². The summed E-state index contributed by atoms with van der Waals surface area (Å²) in [4.78, 5) is 12.1. The van der Waals surface area contributed by atoms with Crippen LogP contribution in [0.4, 0.5) is 5.69 Å². The molecule has 0 radical (unpaired) electrons. The normalized spacial score (nSPS) is 11.8. The zero-order chi connectivity index (χ0) is 17.4. The van der Waals surface area contributed by atoms with Crippen molar-refractivity contribution >= 4 is 27.5 Å². The van der Waals surface area contributed by atoms with Crippen LogP contribution in [0.1, 0.15) is 31.9 Å². The third-order valence-electron chi connectivity index (χ3n) is 3.77. The van der Waals surface area contributed by atoms with Crippen molar-refractivity contribution < 1.29 is 14.8 Å². The second kappa shape index (κ2) is 9.45. The van der Waals surface area contributed by atoms with E-state index in [1.165, 1.54) is 5.56 Å². The predicted octanol–water partition coefficient (Wildman–Crippen LogP) is 3.50. The van der Waals surface area contributed by atoms with Crippen molar-refractivity contribution in [3.63, 3.8) is 0 Å². The first kappa shape index (κ1) is 18.5. The molecule has 0 aromatic heterocycles. The summed E-state index contributed by atoms with van der Waals surface area (Å²) in [5.41, 5.74) is 2.02. The lowest BCUT2D eigenvalue weighted by Gasteiger charge is -2.14. The molecular weight excluding hydrogens is 368 g/mol. The van der Waals surface area contributed by atoms with Crippen LogP contribution in [-0.2, 0) is 4.79 Å². The quantitative estimate of drug-likeness (QED) is 0.723. The molecule has 0 unspecified atom stereocenters. The number of halogens is 1. The Bertz CT molecular complexity index is 641. The van der Waals surface area contributed by atoms with Crippen molar-refractivity contribution in [2.75, 3.05) is 18.5 Å². The molecule has 1 amide bonds. The molecule has 0 aliphatic carbocycles. The van der Waals surface area contributed by atoms with Crippen molar-refractivity contribution in [1.29, 1.82) is 0 Å². The van der Waals surface area contributed by atoms with Crippen LogP contribution in [-0.4, -0.2) is 19.1 Å². The zero-order valence-electron chi connectivity index (χ0n) is 14.1. The molecule has 24 heavy (non-hydrogen) atoms. The van der Waals surface area contributed by atoms with Crippen LogP contribution in [0.2, 0.25) is 0 Å². The number of carbonyl (C=O) groups is 1. The largest absolute Gasteiger partial charge is 0.494 e. The number of hydrogen-bond acceptors (Lipinski definition) is 2. The SMILES string of the molecule is CCOc1ccc(NC(=O)C[NH2+][C@@H](CC)c2ccc(Br)cc2)cc1. The minimum absolute atomic E-state index is 0.00489. The summed E-state index contributed by atoms with van der Waals surface area (Å²) in [6.45, 7) is 5.10. The van der Waals surface area contributed by atoms with Gasteiger partial charge in [0.1, 0.15) is 11.8 Å². The van der Waals surface area contributed by atoms with Gasteiger partial charge in [-0.2, -0.15) is 0 Å². The molecule has 5 heteroatoms. The van der Waals surface area contributed by atoms with Gasteiger partial charge in [-0.15, -0.1) is 0 Å². The number of amides is 1. The fourth-order valence-corrected chi connectivity index (χ4v) is 2.78. The lowest BCUT2D eigenvalue weighted by Crippen LogP contribution is -2.87. The molecule has 0 fully saturated rings. The summed E-state index contributed by atoms with van der Waals surface area (Å²) in [5, 5.41) is 4.99. The predicted molar refractivity (Wildman–Crippen MR) is 100 cm³/mol. The van der Waals surface area contributed by atoms with Crippen LogP contribution in [0.15, 0.2) is 53.0 Å². The van der Waals surface area contributed by atoms with Gasteiger partial charge in [-0.25, -0.2) is 0 Å². The average Bonchev–Trinajstić information content (AvgIpc) is 2.59. The van der Waals surface area contributed by atoms with E-state index in [2.05, 4.69) is 45.6 Å². The molecule has 3 N–H and O–H groups in total. The van der Waals surface area contributed by atoms with Gasteiger partial charge in [0.25, 0.3) is 5.91 Å². The summed E-state index contributed by atoms with van der Waals surface area (Å²) in [5.74, 6) is 0.804. The monoisotopic (exact) mass is 391 g/mol.